The third-order valence-corrected chi connectivity index (χ3v) is 30.3. The van der Waals surface area contributed by atoms with Gasteiger partial charge in [-0.25, -0.2) is 0 Å². The van der Waals surface area contributed by atoms with Crippen molar-refractivity contribution in [2.24, 2.45) is 0 Å². The minimum absolute atomic E-state index is 0.0414. The topological polar surface area (TPSA) is 18.5 Å². The Labute approximate surface area is 293 Å². The average molecular weight is 711 g/mol. The molecule has 6 heteroatoms. The molecule has 0 bridgehead atoms. The summed E-state index contributed by atoms with van der Waals surface area (Å²) in [5.41, 5.74) is 3.90. The Balaban J connectivity index is 1.76. The van der Waals surface area contributed by atoms with Gasteiger partial charge >= 0.3 is 0 Å². The van der Waals surface area contributed by atoms with E-state index in [9.17, 15) is 0 Å². The molecular formula is C40H80O2P2Si2. The maximum absolute atomic E-state index is 7.87. The molecule has 4 aliphatic carbocycles. The van der Waals surface area contributed by atoms with Crippen LogP contribution < -0.4 is 0 Å². The smallest absolute Gasteiger partial charge is 0.192 e. The van der Waals surface area contributed by atoms with Crippen molar-refractivity contribution in [2.45, 2.75) is 241 Å². The van der Waals surface area contributed by atoms with Gasteiger partial charge in [-0.05, 0) is 123 Å². The van der Waals surface area contributed by atoms with Gasteiger partial charge in [-0.2, -0.15) is 0 Å². The van der Waals surface area contributed by atoms with Crippen LogP contribution in [-0.2, 0) is 8.85 Å². The molecule has 0 aromatic carbocycles. The van der Waals surface area contributed by atoms with Gasteiger partial charge in [0, 0.05) is 0 Å². The molecule has 46 heavy (non-hydrogen) atoms. The van der Waals surface area contributed by atoms with Crippen LogP contribution in [0.1, 0.15) is 170 Å². The standard InChI is InChI=1S/C40H80O2P2Si2/c1-39(2,3)45(7,8)41-37(31-43(33-23-15-11-16-24-33)34-25-17-12-18-26-34)38(42-46(9,10)40(4,5)6)32-44(35-27-19-13-20-28-35)36-29-21-14-22-30-36/h33-38H,11-32H2,1-10H3. The lowest BCUT2D eigenvalue weighted by molar-refractivity contribution is 0.0624. The van der Waals surface area contributed by atoms with E-state index in [4.69, 9.17) is 8.85 Å². The van der Waals surface area contributed by atoms with Gasteiger partial charge in [-0.1, -0.05) is 134 Å². The van der Waals surface area contributed by atoms with Crippen LogP contribution in [0.2, 0.25) is 36.3 Å². The van der Waals surface area contributed by atoms with E-state index >= 15 is 0 Å². The highest BCUT2D eigenvalue weighted by Gasteiger charge is 2.48. The molecule has 0 aromatic rings. The molecule has 0 aliphatic heterocycles. The molecule has 0 saturated heterocycles. The molecule has 0 N–H and O–H groups in total. The second-order valence-electron chi connectivity index (χ2n) is 19.4. The fourth-order valence-corrected chi connectivity index (χ4v) is 19.8. The first-order chi connectivity index (χ1) is 21.6. The van der Waals surface area contributed by atoms with Crippen LogP contribution in [0.4, 0.5) is 0 Å². The Morgan fingerprint density at radius 2 is 0.652 bits per heavy atom. The van der Waals surface area contributed by atoms with Crippen molar-refractivity contribution < 1.29 is 8.85 Å². The first kappa shape index (κ1) is 40.0. The Hall–Kier alpha value is 1.21. The fourth-order valence-electron chi connectivity index (χ4n) is 8.83. The molecule has 270 valence electrons. The van der Waals surface area contributed by atoms with Crippen LogP contribution in [0.5, 0.6) is 0 Å². The van der Waals surface area contributed by atoms with E-state index in [1.54, 1.807) is 0 Å². The largest absolute Gasteiger partial charge is 0.411 e. The Morgan fingerprint density at radius 3 is 0.848 bits per heavy atom. The lowest BCUT2D eigenvalue weighted by Crippen LogP contribution is -2.54. The fraction of sp³-hybridized carbons (Fsp3) is 1.00. The third-order valence-electron chi connectivity index (χ3n) is 13.9. The Morgan fingerprint density at radius 1 is 0.435 bits per heavy atom. The Kier molecular flexibility index (Phi) is 15.3. The molecule has 2 unspecified atom stereocenters. The van der Waals surface area contributed by atoms with Gasteiger partial charge in [-0.15, -0.1) is 0 Å². The van der Waals surface area contributed by atoms with Crippen LogP contribution in [0.25, 0.3) is 0 Å². The van der Waals surface area contributed by atoms with Crippen molar-refractivity contribution in [1.82, 2.24) is 0 Å². The molecule has 0 radical (unpaired) electrons. The molecule has 2 atom stereocenters. The SMILES string of the molecule is CC(C)(C)[Si](C)(C)OC(CP(C1CCCCC1)C1CCCCC1)C(CP(C1CCCCC1)C1CCCCC1)O[Si](C)(C)C(C)(C)C. The summed E-state index contributed by atoms with van der Waals surface area (Å²) in [4.78, 5) is 0. The van der Waals surface area contributed by atoms with Crippen molar-refractivity contribution in [3.8, 4) is 0 Å². The number of rotatable bonds is 13. The highest BCUT2D eigenvalue weighted by molar-refractivity contribution is 7.59. The molecule has 2 nitrogen and oxygen atoms in total. The zero-order valence-corrected chi connectivity index (χ0v) is 36.5. The second-order valence-corrected chi connectivity index (χ2v) is 34.6. The van der Waals surface area contributed by atoms with Crippen LogP contribution >= 0.6 is 15.8 Å². The van der Waals surface area contributed by atoms with Gasteiger partial charge in [0.15, 0.2) is 16.6 Å². The van der Waals surface area contributed by atoms with Crippen molar-refractivity contribution in [2.75, 3.05) is 12.3 Å². The lowest BCUT2D eigenvalue weighted by atomic mass is 9.99. The quantitative estimate of drug-likeness (QED) is 0.140. The van der Waals surface area contributed by atoms with E-state index < -0.39 is 16.6 Å². The summed E-state index contributed by atoms with van der Waals surface area (Å²) in [7, 11) is -4.07. The van der Waals surface area contributed by atoms with Crippen LogP contribution in [0.15, 0.2) is 0 Å². The van der Waals surface area contributed by atoms with Crippen molar-refractivity contribution in [3.63, 3.8) is 0 Å². The van der Waals surface area contributed by atoms with Crippen molar-refractivity contribution >= 4 is 32.5 Å². The molecular weight excluding hydrogens is 631 g/mol. The van der Waals surface area contributed by atoms with E-state index in [0.29, 0.717) is 12.2 Å². The van der Waals surface area contributed by atoms with E-state index in [0.717, 1.165) is 22.6 Å². The van der Waals surface area contributed by atoms with Gasteiger partial charge in [-0.3, -0.25) is 0 Å². The van der Waals surface area contributed by atoms with Gasteiger partial charge < -0.3 is 8.85 Å². The monoisotopic (exact) mass is 711 g/mol. The summed E-state index contributed by atoms with van der Waals surface area (Å²) in [6, 6.07) is 0. The minimum Gasteiger partial charge on any atom is -0.411 e. The van der Waals surface area contributed by atoms with Crippen molar-refractivity contribution in [1.29, 1.82) is 0 Å². The summed E-state index contributed by atoms with van der Waals surface area (Å²) in [6.07, 6.45) is 32.9. The molecule has 4 fully saturated rings. The van der Waals surface area contributed by atoms with Gasteiger partial charge in [0.1, 0.15) is 0 Å². The molecule has 4 aliphatic rings. The predicted molar refractivity (Wildman–Crippen MR) is 215 cm³/mol. The highest BCUT2D eigenvalue weighted by atomic mass is 31.1. The molecule has 4 saturated carbocycles. The molecule has 0 amide bonds. The van der Waals surface area contributed by atoms with Crippen LogP contribution in [0.3, 0.4) is 0 Å². The van der Waals surface area contributed by atoms with Gasteiger partial charge in [0.25, 0.3) is 0 Å². The summed E-state index contributed by atoms with van der Waals surface area (Å²) < 4.78 is 15.7. The van der Waals surface area contributed by atoms with E-state index in [-0.39, 0.29) is 25.9 Å². The second kappa shape index (κ2) is 17.6. The van der Waals surface area contributed by atoms with E-state index in [1.807, 2.05) is 0 Å². The van der Waals surface area contributed by atoms with E-state index in [2.05, 4.69) is 67.7 Å². The van der Waals surface area contributed by atoms with E-state index in [1.165, 1.54) is 141 Å². The highest BCUT2D eigenvalue weighted by Crippen LogP contribution is 2.60. The summed E-state index contributed by atoms with van der Waals surface area (Å²) >= 11 is 0. The number of hydrogen-bond acceptors (Lipinski definition) is 2. The average Bonchev–Trinajstić information content (AvgIpc) is 3.01. The van der Waals surface area contributed by atoms with Gasteiger partial charge in [0.2, 0.25) is 0 Å². The first-order valence-electron chi connectivity index (χ1n) is 20.5. The first-order valence-corrected chi connectivity index (χ1v) is 29.6. The van der Waals surface area contributed by atoms with Crippen LogP contribution in [-0.4, -0.2) is 63.8 Å². The zero-order chi connectivity index (χ0) is 33.6. The summed E-state index contributed by atoms with van der Waals surface area (Å²) in [5, 5.41) is 0.450. The Bertz CT molecular complexity index is 765. The van der Waals surface area contributed by atoms with Crippen molar-refractivity contribution in [3.05, 3.63) is 0 Å². The lowest BCUT2D eigenvalue weighted by Gasteiger charge is -2.49. The van der Waals surface area contributed by atoms with Crippen LogP contribution in [0, 0.1) is 0 Å². The molecule has 4 rings (SSSR count). The molecule has 0 aromatic heterocycles. The number of hydrogen-bond donors (Lipinski definition) is 0. The third kappa shape index (κ3) is 11.1. The predicted octanol–water partition coefficient (Wildman–Crippen LogP) is 14.1. The zero-order valence-electron chi connectivity index (χ0n) is 32.7. The summed E-state index contributed by atoms with van der Waals surface area (Å²) in [6.45, 7) is 25.1. The normalized spacial score (nSPS) is 24.5. The maximum atomic E-state index is 7.87. The molecule has 0 spiro atoms. The van der Waals surface area contributed by atoms with Gasteiger partial charge in [0.05, 0.1) is 12.2 Å². The minimum atomic E-state index is -1.99. The molecule has 0 heterocycles. The maximum Gasteiger partial charge on any atom is 0.192 e. The summed E-state index contributed by atoms with van der Waals surface area (Å²) in [5.74, 6) is 0.